The van der Waals surface area contributed by atoms with Crippen LogP contribution in [0.5, 0.6) is 0 Å². The van der Waals surface area contributed by atoms with Crippen molar-refractivity contribution in [3.8, 4) is 0 Å². The van der Waals surface area contributed by atoms with E-state index in [0.717, 1.165) is 35.5 Å². The molecule has 1 saturated carbocycles. The summed E-state index contributed by atoms with van der Waals surface area (Å²) in [5, 5.41) is 0. The Morgan fingerprint density at radius 3 is 2.61 bits per heavy atom. The van der Waals surface area contributed by atoms with E-state index in [2.05, 4.69) is 15.8 Å². The van der Waals surface area contributed by atoms with Crippen LogP contribution in [-0.4, -0.2) is 51.8 Å². The first-order valence-corrected chi connectivity index (χ1v) is 13.5. The third kappa shape index (κ3) is 3.35. The second-order valence-corrected chi connectivity index (χ2v) is 10.8. The van der Waals surface area contributed by atoms with E-state index in [1.54, 1.807) is 36.7 Å². The summed E-state index contributed by atoms with van der Waals surface area (Å²) in [5.74, 6) is 3.46. The number of pyridine rings is 2. The average Bonchev–Trinajstić information content (AvgIpc) is 3.67. The van der Waals surface area contributed by atoms with Crippen molar-refractivity contribution >= 4 is 46.0 Å². The summed E-state index contributed by atoms with van der Waals surface area (Å²) in [6.07, 6.45) is 7.13. The molecule has 1 aliphatic carbocycles. The number of hydrogen-bond donors (Lipinski definition) is 0. The Balaban J connectivity index is 1.57. The van der Waals surface area contributed by atoms with Crippen LogP contribution >= 0.6 is 0 Å². The third-order valence-electron chi connectivity index (χ3n) is 7.23. The third-order valence-corrected chi connectivity index (χ3v) is 8.19. The lowest BCUT2D eigenvalue weighted by molar-refractivity contribution is -0.119. The standard InChI is InChI=1S/C27H25N5O3S/c1-16-27(34)30(2)20-11-12-23(29-26(20)31(16)18-9-10-18)32-21(15-33)24-19(7-4-8-22(24)36(3)35)25(32)17-6-5-13-28-14-17/h4-8,11-14,16,18,25H,9-10H2,1-3H3. The van der Waals surface area contributed by atoms with Crippen molar-refractivity contribution in [2.45, 2.75) is 42.8 Å². The molecule has 3 unspecified atom stereocenters. The fraction of sp³-hybridized carbons (Fsp3) is 0.296. The number of amides is 1. The number of anilines is 3. The maximum absolute atomic E-state index is 12.9. The minimum Gasteiger partial charge on any atom is -0.612 e. The lowest BCUT2D eigenvalue weighted by Gasteiger charge is -2.40. The first-order chi connectivity index (χ1) is 17.4. The van der Waals surface area contributed by atoms with E-state index in [-0.39, 0.29) is 18.0 Å². The number of hydrogen-bond acceptors (Lipinski definition) is 7. The number of carbonyl (C=O) groups is 1. The summed E-state index contributed by atoms with van der Waals surface area (Å²) in [4.78, 5) is 41.0. The van der Waals surface area contributed by atoms with Gasteiger partial charge in [0.1, 0.15) is 23.8 Å². The molecule has 3 atom stereocenters. The highest BCUT2D eigenvalue weighted by atomic mass is 32.2. The van der Waals surface area contributed by atoms with Gasteiger partial charge in [-0.25, -0.2) is 9.78 Å². The molecule has 0 radical (unpaired) electrons. The highest BCUT2D eigenvalue weighted by Gasteiger charge is 2.45. The maximum Gasteiger partial charge on any atom is 0.249 e. The van der Waals surface area contributed by atoms with E-state index in [0.29, 0.717) is 22.0 Å². The summed E-state index contributed by atoms with van der Waals surface area (Å²) < 4.78 is 12.6. The average molecular weight is 500 g/mol. The number of carbonyl (C=O) groups excluding carboxylic acids is 2. The van der Waals surface area contributed by atoms with Crippen LogP contribution in [0.1, 0.15) is 42.5 Å². The fourth-order valence-electron chi connectivity index (χ4n) is 5.43. The Morgan fingerprint density at radius 2 is 1.94 bits per heavy atom. The lowest BCUT2D eigenvalue weighted by atomic mass is 9.99. The second-order valence-electron chi connectivity index (χ2n) is 9.41. The summed E-state index contributed by atoms with van der Waals surface area (Å²) >= 11 is -1.31. The predicted octanol–water partition coefficient (Wildman–Crippen LogP) is 3.33. The first kappa shape index (κ1) is 22.8. The predicted molar refractivity (Wildman–Crippen MR) is 139 cm³/mol. The van der Waals surface area contributed by atoms with Crippen molar-refractivity contribution in [3.63, 3.8) is 0 Å². The topological polar surface area (TPSA) is 92.7 Å². The molecule has 9 heteroatoms. The van der Waals surface area contributed by atoms with Crippen LogP contribution in [0.25, 0.3) is 5.70 Å². The molecule has 1 fully saturated rings. The highest BCUT2D eigenvalue weighted by molar-refractivity contribution is 7.90. The molecule has 0 N–H and O–H groups in total. The fourth-order valence-corrected chi connectivity index (χ4v) is 6.20. The Morgan fingerprint density at radius 1 is 1.14 bits per heavy atom. The molecule has 36 heavy (non-hydrogen) atoms. The monoisotopic (exact) mass is 499 g/mol. The van der Waals surface area contributed by atoms with Gasteiger partial charge in [-0.1, -0.05) is 18.2 Å². The van der Waals surface area contributed by atoms with Crippen LogP contribution in [-0.2, 0) is 20.8 Å². The molecular formula is C27H25N5O3S. The molecule has 2 aromatic heterocycles. The number of rotatable bonds is 4. The zero-order valence-corrected chi connectivity index (χ0v) is 21.0. The van der Waals surface area contributed by atoms with Crippen molar-refractivity contribution < 1.29 is 14.1 Å². The molecule has 0 bridgehead atoms. The van der Waals surface area contributed by atoms with Gasteiger partial charge >= 0.3 is 0 Å². The van der Waals surface area contributed by atoms with Crippen molar-refractivity contribution in [1.29, 1.82) is 0 Å². The smallest absolute Gasteiger partial charge is 0.249 e. The van der Waals surface area contributed by atoms with Gasteiger partial charge in [0.05, 0.1) is 17.3 Å². The second kappa shape index (κ2) is 8.48. The Labute approximate surface area is 212 Å². The van der Waals surface area contributed by atoms with Crippen LogP contribution in [0.2, 0.25) is 0 Å². The van der Waals surface area contributed by atoms with Gasteiger partial charge in [-0.15, -0.1) is 0 Å². The van der Waals surface area contributed by atoms with E-state index >= 15 is 0 Å². The van der Waals surface area contributed by atoms with Crippen molar-refractivity contribution in [2.24, 2.45) is 0 Å². The van der Waals surface area contributed by atoms with E-state index in [4.69, 9.17) is 4.98 Å². The minimum atomic E-state index is -1.31. The molecule has 182 valence electrons. The van der Waals surface area contributed by atoms with Crippen molar-refractivity contribution in [3.05, 3.63) is 71.5 Å². The van der Waals surface area contributed by atoms with Gasteiger partial charge < -0.3 is 19.3 Å². The van der Waals surface area contributed by atoms with Gasteiger partial charge in [0, 0.05) is 25.5 Å². The summed E-state index contributed by atoms with van der Waals surface area (Å²) in [6.45, 7) is 1.91. The van der Waals surface area contributed by atoms with Gasteiger partial charge in [0.25, 0.3) is 0 Å². The molecule has 3 aliphatic rings. The normalized spacial score (nSPS) is 21.8. The highest BCUT2D eigenvalue weighted by Crippen LogP contribution is 2.50. The van der Waals surface area contributed by atoms with E-state index in [1.165, 1.54) is 0 Å². The minimum absolute atomic E-state index is 0.0364. The largest absolute Gasteiger partial charge is 0.612 e. The van der Waals surface area contributed by atoms with E-state index in [9.17, 15) is 14.1 Å². The molecule has 2 aliphatic heterocycles. The molecule has 0 spiro atoms. The molecule has 6 rings (SSSR count). The van der Waals surface area contributed by atoms with Gasteiger partial charge in [-0.05, 0) is 66.3 Å². The Hall–Kier alpha value is -3.65. The van der Waals surface area contributed by atoms with Crippen LogP contribution in [0.4, 0.5) is 17.3 Å². The van der Waals surface area contributed by atoms with Crippen LogP contribution in [0.3, 0.4) is 0 Å². The molecule has 3 aromatic rings. The van der Waals surface area contributed by atoms with Crippen molar-refractivity contribution in [2.75, 3.05) is 28.0 Å². The van der Waals surface area contributed by atoms with Crippen LogP contribution in [0.15, 0.2) is 59.8 Å². The lowest BCUT2D eigenvalue weighted by Crippen LogP contribution is -2.52. The van der Waals surface area contributed by atoms with Gasteiger partial charge in [0.2, 0.25) is 5.91 Å². The van der Waals surface area contributed by atoms with E-state index < -0.39 is 17.2 Å². The zero-order valence-electron chi connectivity index (χ0n) is 20.2. The number of fused-ring (bicyclic) bond motifs is 2. The summed E-state index contributed by atoms with van der Waals surface area (Å²) in [5.41, 5.74) is 3.40. The van der Waals surface area contributed by atoms with Crippen molar-refractivity contribution in [1.82, 2.24) is 9.97 Å². The molecule has 8 nitrogen and oxygen atoms in total. The quantitative estimate of drug-likeness (QED) is 0.402. The number of nitrogens with zero attached hydrogens (tertiary/aromatic N) is 5. The van der Waals surface area contributed by atoms with Crippen LogP contribution < -0.4 is 14.7 Å². The summed E-state index contributed by atoms with van der Waals surface area (Å²) in [7, 11) is 1.77. The number of aromatic nitrogens is 2. The van der Waals surface area contributed by atoms with Crippen LogP contribution in [0, 0.1) is 0 Å². The SMILES string of the molecule is CC1C(=O)N(C)c2ccc(N3C(=C=O)c4c(cccc4[S+](C)[O-])C3c3cccnc3)nc2N1C1CC1. The molecule has 4 heterocycles. The summed E-state index contributed by atoms with van der Waals surface area (Å²) in [6, 6.07) is 12.7. The molecular weight excluding hydrogens is 474 g/mol. The Bertz CT molecular complexity index is 1420. The molecule has 1 aromatic carbocycles. The number of likely N-dealkylation sites (N-methyl/N-ethyl adjacent to an activating group) is 1. The molecule has 1 amide bonds. The van der Waals surface area contributed by atoms with Gasteiger partial charge in [0.15, 0.2) is 16.7 Å². The van der Waals surface area contributed by atoms with E-state index in [1.807, 2.05) is 48.2 Å². The number of benzene rings is 1. The Kier molecular flexibility index (Phi) is 5.37. The van der Waals surface area contributed by atoms with Gasteiger partial charge in [-0.3, -0.25) is 9.78 Å². The van der Waals surface area contributed by atoms with Gasteiger partial charge in [-0.2, -0.15) is 0 Å². The maximum atomic E-state index is 12.9. The molecule has 0 saturated heterocycles. The zero-order chi connectivity index (χ0) is 25.1. The first-order valence-electron chi connectivity index (χ1n) is 11.9.